The van der Waals surface area contributed by atoms with E-state index in [1.54, 1.807) is 19.1 Å². The zero-order valence-corrected chi connectivity index (χ0v) is 15.9. The second kappa shape index (κ2) is 7.00. The lowest BCUT2D eigenvalue weighted by atomic mass is 10.0. The molecular weight excluding hydrogens is 358 g/mol. The van der Waals surface area contributed by atoms with Crippen molar-refractivity contribution in [1.29, 1.82) is 0 Å². The molecule has 1 heterocycles. The number of hydrogen-bond acceptors (Lipinski definition) is 5. The third kappa shape index (κ3) is 3.68. The largest absolute Gasteiger partial charge is 0.480 e. The van der Waals surface area contributed by atoms with Crippen molar-refractivity contribution in [3.05, 3.63) is 29.3 Å². The summed E-state index contributed by atoms with van der Waals surface area (Å²) < 4.78 is 27.1. The number of carboxylic acid groups (broad SMARTS) is 1. The van der Waals surface area contributed by atoms with E-state index in [4.69, 9.17) is 4.74 Å². The molecule has 0 radical (unpaired) electrons. The van der Waals surface area contributed by atoms with Gasteiger partial charge in [-0.15, -0.1) is 5.92 Å². The molecule has 26 heavy (non-hydrogen) atoms. The summed E-state index contributed by atoms with van der Waals surface area (Å²) in [6.45, 7) is 4.77. The van der Waals surface area contributed by atoms with E-state index in [1.807, 2.05) is 13.0 Å². The van der Waals surface area contributed by atoms with Crippen LogP contribution in [0.15, 0.2) is 18.2 Å². The number of hydrogen-bond donors (Lipinski definition) is 1. The van der Waals surface area contributed by atoms with Crippen LogP contribution in [0.25, 0.3) is 0 Å². The van der Waals surface area contributed by atoms with Crippen LogP contribution in [0.2, 0.25) is 0 Å². The summed E-state index contributed by atoms with van der Waals surface area (Å²) in [6, 6.07) is 5.35. The lowest BCUT2D eigenvalue weighted by Gasteiger charge is -2.24. The van der Waals surface area contributed by atoms with Crippen molar-refractivity contribution in [2.75, 3.05) is 17.7 Å². The predicted molar refractivity (Wildman–Crippen MR) is 96.8 cm³/mol. The molecule has 140 valence electrons. The molecule has 1 N–H and O–H groups in total. The van der Waals surface area contributed by atoms with Gasteiger partial charge in [0.1, 0.15) is 6.10 Å². The highest BCUT2D eigenvalue weighted by atomic mass is 32.2. The molecule has 2 unspecified atom stereocenters. The standard InChI is InChI=1S/C18H21NO6S/c1-5-6-13-7-8-15(12(2)9-13)19-11-14(25-17(19)22)10-18(3,16(20)21)26(4,23)24/h7-9,14H,10-11H2,1-4H3,(H,20,21). The van der Waals surface area contributed by atoms with E-state index in [9.17, 15) is 23.1 Å². The van der Waals surface area contributed by atoms with Crippen LogP contribution >= 0.6 is 0 Å². The molecule has 0 aromatic heterocycles. The Bertz CT molecular complexity index is 911. The van der Waals surface area contributed by atoms with Crippen LogP contribution in [-0.4, -0.2) is 49.2 Å². The zero-order chi connectivity index (χ0) is 19.7. The maximum atomic E-state index is 12.2. The third-order valence-corrected chi connectivity index (χ3v) is 6.50. The number of nitrogens with zero attached hydrogens (tertiary/aromatic N) is 1. The molecule has 1 aromatic carbocycles. The fourth-order valence-corrected chi connectivity index (χ4v) is 3.64. The average molecular weight is 379 g/mol. The van der Waals surface area contributed by atoms with Crippen molar-refractivity contribution in [2.45, 2.75) is 38.0 Å². The van der Waals surface area contributed by atoms with E-state index in [0.29, 0.717) is 5.69 Å². The molecule has 0 aliphatic carbocycles. The van der Waals surface area contributed by atoms with Crippen LogP contribution < -0.4 is 4.90 Å². The average Bonchev–Trinajstić information content (AvgIpc) is 2.86. The van der Waals surface area contributed by atoms with Crippen molar-refractivity contribution in [2.24, 2.45) is 0 Å². The number of benzene rings is 1. The molecule has 1 aliphatic rings. The van der Waals surface area contributed by atoms with Crippen LogP contribution in [0.3, 0.4) is 0 Å². The highest BCUT2D eigenvalue weighted by Crippen LogP contribution is 2.31. The normalized spacial score (nSPS) is 19.3. The van der Waals surface area contributed by atoms with Gasteiger partial charge < -0.3 is 9.84 Å². The van der Waals surface area contributed by atoms with E-state index in [-0.39, 0.29) is 13.0 Å². The van der Waals surface area contributed by atoms with Crippen LogP contribution in [0.1, 0.15) is 31.4 Å². The van der Waals surface area contributed by atoms with Gasteiger partial charge in [-0.3, -0.25) is 9.69 Å². The molecule has 0 spiro atoms. The number of aliphatic carboxylic acids is 1. The minimum Gasteiger partial charge on any atom is -0.480 e. The summed E-state index contributed by atoms with van der Waals surface area (Å²) in [5.41, 5.74) is 2.25. The molecule has 0 bridgehead atoms. The Morgan fingerprint density at radius 2 is 2.12 bits per heavy atom. The molecular formula is C18H21NO6S. The maximum Gasteiger partial charge on any atom is 0.414 e. The first-order chi connectivity index (χ1) is 12.0. The van der Waals surface area contributed by atoms with E-state index < -0.39 is 32.8 Å². The van der Waals surface area contributed by atoms with E-state index in [2.05, 4.69) is 11.8 Å². The summed E-state index contributed by atoms with van der Waals surface area (Å²) in [5, 5.41) is 9.36. The number of cyclic esters (lactones) is 1. The number of sulfone groups is 1. The Balaban J connectivity index is 2.26. The molecule has 2 rings (SSSR count). The Morgan fingerprint density at radius 1 is 1.46 bits per heavy atom. The summed E-state index contributed by atoms with van der Waals surface area (Å²) >= 11 is 0. The van der Waals surface area contributed by atoms with Crippen molar-refractivity contribution >= 4 is 27.6 Å². The van der Waals surface area contributed by atoms with Gasteiger partial charge in [-0.1, -0.05) is 5.92 Å². The first kappa shape index (κ1) is 19.8. The topological polar surface area (TPSA) is 101 Å². The van der Waals surface area contributed by atoms with Gasteiger partial charge in [0, 0.05) is 18.2 Å². The van der Waals surface area contributed by atoms with Gasteiger partial charge in [0.05, 0.1) is 12.2 Å². The van der Waals surface area contributed by atoms with Gasteiger partial charge in [0.25, 0.3) is 0 Å². The molecule has 1 aliphatic heterocycles. The number of aryl methyl sites for hydroxylation is 1. The third-order valence-electron chi connectivity index (χ3n) is 4.52. The minimum absolute atomic E-state index is 0.0802. The van der Waals surface area contributed by atoms with Crippen molar-refractivity contribution < 1.29 is 27.9 Å². The number of carboxylic acids is 1. The van der Waals surface area contributed by atoms with Crippen LogP contribution in [-0.2, 0) is 19.4 Å². The summed E-state index contributed by atoms with van der Waals surface area (Å²) in [4.78, 5) is 25.1. The Kier molecular flexibility index (Phi) is 5.33. The number of carbonyl (C=O) groups is 2. The molecule has 2 atom stereocenters. The Morgan fingerprint density at radius 3 is 2.62 bits per heavy atom. The highest BCUT2D eigenvalue weighted by molar-refractivity contribution is 7.92. The van der Waals surface area contributed by atoms with E-state index >= 15 is 0 Å². The Hall–Kier alpha value is -2.53. The lowest BCUT2D eigenvalue weighted by molar-refractivity contribution is -0.140. The summed E-state index contributed by atoms with van der Waals surface area (Å²) in [5.74, 6) is 4.26. The molecule has 0 saturated carbocycles. The number of carbonyl (C=O) groups excluding carboxylic acids is 1. The van der Waals surface area contributed by atoms with Gasteiger partial charge in [-0.25, -0.2) is 13.2 Å². The van der Waals surface area contributed by atoms with Crippen LogP contribution in [0, 0.1) is 18.8 Å². The zero-order valence-electron chi connectivity index (χ0n) is 15.1. The van der Waals surface area contributed by atoms with Crippen molar-refractivity contribution in [3.63, 3.8) is 0 Å². The molecule has 8 heteroatoms. The molecule has 1 aromatic rings. The van der Waals surface area contributed by atoms with Gasteiger partial charge in [0.2, 0.25) is 0 Å². The maximum absolute atomic E-state index is 12.2. The summed E-state index contributed by atoms with van der Waals surface area (Å²) in [7, 11) is -3.90. The van der Waals surface area contributed by atoms with Crippen molar-refractivity contribution in [3.8, 4) is 11.8 Å². The number of anilines is 1. The molecule has 1 fully saturated rings. The van der Waals surface area contributed by atoms with Crippen LogP contribution in [0.5, 0.6) is 0 Å². The van der Waals surface area contributed by atoms with E-state index in [0.717, 1.165) is 24.3 Å². The first-order valence-corrected chi connectivity index (χ1v) is 9.83. The Labute approximate surface area is 152 Å². The minimum atomic E-state index is -3.90. The summed E-state index contributed by atoms with van der Waals surface area (Å²) in [6.07, 6.45) is -0.920. The highest BCUT2D eigenvalue weighted by Gasteiger charge is 2.48. The smallest absolute Gasteiger partial charge is 0.414 e. The second-order valence-electron chi connectivity index (χ2n) is 6.50. The number of rotatable bonds is 5. The molecule has 1 amide bonds. The lowest BCUT2D eigenvalue weighted by Crippen LogP contribution is -2.46. The number of ether oxygens (including phenoxy) is 1. The quantitative estimate of drug-likeness (QED) is 0.785. The van der Waals surface area contributed by atoms with Gasteiger partial charge >= 0.3 is 12.1 Å². The second-order valence-corrected chi connectivity index (χ2v) is 8.95. The van der Waals surface area contributed by atoms with Gasteiger partial charge in [0.15, 0.2) is 14.6 Å². The molecule has 7 nitrogen and oxygen atoms in total. The monoisotopic (exact) mass is 379 g/mol. The van der Waals surface area contributed by atoms with Crippen LogP contribution in [0.4, 0.5) is 10.5 Å². The van der Waals surface area contributed by atoms with E-state index in [1.165, 1.54) is 4.90 Å². The fourth-order valence-electron chi connectivity index (χ4n) is 2.84. The van der Waals surface area contributed by atoms with Gasteiger partial charge in [-0.2, -0.15) is 0 Å². The predicted octanol–water partition coefficient (Wildman–Crippen LogP) is 1.97. The van der Waals surface area contributed by atoms with Crippen molar-refractivity contribution in [1.82, 2.24) is 0 Å². The van der Waals surface area contributed by atoms with Gasteiger partial charge in [-0.05, 0) is 44.5 Å². The first-order valence-electron chi connectivity index (χ1n) is 7.94. The fraction of sp³-hybridized carbons (Fsp3) is 0.444. The molecule has 1 saturated heterocycles. The SMILES string of the molecule is CC#Cc1ccc(N2CC(CC(C)(C(=O)O)S(C)(=O)=O)OC2=O)c(C)c1. The number of amides is 1.